The van der Waals surface area contributed by atoms with Crippen LogP contribution in [0, 0.1) is 0 Å². The van der Waals surface area contributed by atoms with E-state index in [0.29, 0.717) is 17.8 Å². The second kappa shape index (κ2) is 3.30. The fourth-order valence-corrected chi connectivity index (χ4v) is 0.814. The van der Waals surface area contributed by atoms with Gasteiger partial charge < -0.3 is 10.7 Å². The van der Waals surface area contributed by atoms with E-state index < -0.39 is 0 Å². The maximum absolute atomic E-state index is 11.1. The van der Waals surface area contributed by atoms with Gasteiger partial charge in [0, 0.05) is 11.8 Å². The molecule has 0 spiro atoms. The zero-order valence-electron chi connectivity index (χ0n) is 6.42. The fraction of sp³-hybridized carbons (Fsp3) is 0.429. The molecule has 0 saturated heterocycles. The van der Waals surface area contributed by atoms with Gasteiger partial charge in [-0.25, -0.2) is 4.98 Å². The zero-order valence-corrected chi connectivity index (χ0v) is 6.42. The summed E-state index contributed by atoms with van der Waals surface area (Å²) in [7, 11) is 0. The Kier molecular flexibility index (Phi) is 2.38. The Morgan fingerprint density at radius 3 is 2.91 bits per heavy atom. The minimum Gasteiger partial charge on any atom is -0.324 e. The molecule has 1 aromatic heterocycles. The number of rotatable bonds is 2. The van der Waals surface area contributed by atoms with E-state index in [9.17, 15) is 4.79 Å². The molecular weight excluding hydrogens is 142 g/mol. The summed E-state index contributed by atoms with van der Waals surface area (Å²) in [5, 5.41) is 0. The highest BCUT2D eigenvalue weighted by Crippen LogP contribution is 1.88. The summed E-state index contributed by atoms with van der Waals surface area (Å²) < 4.78 is 0. The highest BCUT2D eigenvalue weighted by atomic mass is 16.1. The van der Waals surface area contributed by atoms with Crippen LogP contribution in [0.1, 0.15) is 18.3 Å². The van der Waals surface area contributed by atoms with Gasteiger partial charge in [-0.05, 0) is 6.42 Å². The van der Waals surface area contributed by atoms with E-state index in [0.717, 1.165) is 0 Å². The summed E-state index contributed by atoms with van der Waals surface area (Å²) in [5.74, 6) is 0.534. The van der Waals surface area contributed by atoms with Crippen molar-refractivity contribution in [2.75, 3.05) is 0 Å². The largest absolute Gasteiger partial charge is 0.324 e. The van der Waals surface area contributed by atoms with Crippen LogP contribution >= 0.6 is 0 Å². The van der Waals surface area contributed by atoms with Gasteiger partial charge >= 0.3 is 0 Å². The summed E-state index contributed by atoms with van der Waals surface area (Å²) in [4.78, 5) is 17.6. The van der Waals surface area contributed by atoms with Crippen LogP contribution in [0.3, 0.4) is 0 Å². The van der Waals surface area contributed by atoms with Crippen molar-refractivity contribution in [2.45, 2.75) is 19.9 Å². The average molecular weight is 153 g/mol. The minimum absolute atomic E-state index is 0.0806. The lowest BCUT2D eigenvalue weighted by molar-refractivity contribution is 0.868. The number of nitrogens with one attached hydrogen (secondary N) is 1. The zero-order chi connectivity index (χ0) is 8.27. The second-order valence-corrected chi connectivity index (χ2v) is 2.24. The third kappa shape index (κ3) is 1.65. The molecule has 0 atom stereocenters. The van der Waals surface area contributed by atoms with Crippen LogP contribution in [0.15, 0.2) is 11.0 Å². The van der Waals surface area contributed by atoms with Crippen LogP contribution in [0.25, 0.3) is 0 Å². The summed E-state index contributed by atoms with van der Waals surface area (Å²) in [6.45, 7) is 2.19. The molecule has 60 valence electrons. The molecule has 0 aliphatic rings. The molecular formula is C7H11N3O. The second-order valence-electron chi connectivity index (χ2n) is 2.24. The summed E-state index contributed by atoms with van der Waals surface area (Å²) in [5.41, 5.74) is 5.89. The van der Waals surface area contributed by atoms with Crippen molar-refractivity contribution < 1.29 is 0 Å². The molecule has 0 saturated carbocycles. The highest BCUT2D eigenvalue weighted by Gasteiger charge is 1.97. The van der Waals surface area contributed by atoms with E-state index in [1.807, 2.05) is 6.92 Å². The summed E-state index contributed by atoms with van der Waals surface area (Å²) >= 11 is 0. The first-order valence-corrected chi connectivity index (χ1v) is 3.55. The van der Waals surface area contributed by atoms with Gasteiger partial charge in [-0.1, -0.05) is 6.92 Å². The molecule has 3 N–H and O–H groups in total. The van der Waals surface area contributed by atoms with Gasteiger partial charge in [-0.3, -0.25) is 4.79 Å². The van der Waals surface area contributed by atoms with Crippen molar-refractivity contribution in [3.8, 4) is 0 Å². The van der Waals surface area contributed by atoms with E-state index in [1.54, 1.807) is 6.20 Å². The van der Waals surface area contributed by atoms with Crippen molar-refractivity contribution in [1.29, 1.82) is 0 Å². The molecule has 0 aliphatic carbocycles. The number of aryl methyl sites for hydroxylation is 1. The molecule has 4 heteroatoms. The van der Waals surface area contributed by atoms with Crippen LogP contribution in [0.5, 0.6) is 0 Å². The summed E-state index contributed by atoms with van der Waals surface area (Å²) in [6.07, 6.45) is 2.27. The topological polar surface area (TPSA) is 71.8 Å². The van der Waals surface area contributed by atoms with Crippen molar-refractivity contribution in [1.82, 2.24) is 9.97 Å². The number of nitrogens with two attached hydrogens (primary N) is 1. The number of hydrogen-bond donors (Lipinski definition) is 2. The fourth-order valence-electron chi connectivity index (χ4n) is 0.814. The molecule has 0 aliphatic heterocycles. The smallest absolute Gasteiger partial charge is 0.254 e. The SMILES string of the molecule is CCc1cnc(CN)[nH]c1=O. The number of aromatic nitrogens is 2. The van der Waals surface area contributed by atoms with Crippen molar-refractivity contribution in [2.24, 2.45) is 5.73 Å². The molecule has 0 radical (unpaired) electrons. The van der Waals surface area contributed by atoms with Crippen molar-refractivity contribution >= 4 is 0 Å². The van der Waals surface area contributed by atoms with Gasteiger partial charge in [0.25, 0.3) is 5.56 Å². The Balaban J connectivity index is 3.10. The van der Waals surface area contributed by atoms with Crippen LogP contribution in [0.2, 0.25) is 0 Å². The molecule has 0 amide bonds. The van der Waals surface area contributed by atoms with Crippen LogP contribution < -0.4 is 11.3 Å². The maximum atomic E-state index is 11.1. The van der Waals surface area contributed by atoms with Crippen LogP contribution in [0.4, 0.5) is 0 Å². The van der Waals surface area contributed by atoms with Gasteiger partial charge in [0.15, 0.2) is 0 Å². The molecule has 0 bridgehead atoms. The molecule has 1 rings (SSSR count). The van der Waals surface area contributed by atoms with Crippen molar-refractivity contribution in [3.05, 3.63) is 27.9 Å². The normalized spacial score (nSPS) is 10.0. The molecule has 1 heterocycles. The minimum atomic E-state index is -0.0806. The first kappa shape index (κ1) is 7.94. The average Bonchev–Trinajstić information content (AvgIpc) is 2.04. The first-order valence-electron chi connectivity index (χ1n) is 3.55. The Morgan fingerprint density at radius 1 is 1.73 bits per heavy atom. The molecule has 11 heavy (non-hydrogen) atoms. The van der Waals surface area contributed by atoms with Crippen molar-refractivity contribution in [3.63, 3.8) is 0 Å². The highest BCUT2D eigenvalue weighted by molar-refractivity contribution is 5.05. The number of nitrogens with zero attached hydrogens (tertiary/aromatic N) is 1. The lowest BCUT2D eigenvalue weighted by Gasteiger charge is -1.96. The van der Waals surface area contributed by atoms with Gasteiger partial charge in [0.1, 0.15) is 5.82 Å². The third-order valence-electron chi connectivity index (χ3n) is 1.50. The Hall–Kier alpha value is -1.16. The van der Waals surface area contributed by atoms with Crippen LogP contribution in [-0.4, -0.2) is 9.97 Å². The number of hydrogen-bond acceptors (Lipinski definition) is 3. The Bertz CT molecular complexity index is 292. The van der Waals surface area contributed by atoms with E-state index in [2.05, 4.69) is 9.97 Å². The van der Waals surface area contributed by atoms with Gasteiger partial charge in [0.2, 0.25) is 0 Å². The first-order chi connectivity index (χ1) is 5.27. The lowest BCUT2D eigenvalue weighted by Crippen LogP contribution is -2.17. The predicted octanol–water partition coefficient (Wildman–Crippen LogP) is -0.209. The van der Waals surface area contributed by atoms with Gasteiger partial charge in [0.05, 0.1) is 6.54 Å². The Morgan fingerprint density at radius 2 is 2.45 bits per heavy atom. The quantitative estimate of drug-likeness (QED) is 0.617. The lowest BCUT2D eigenvalue weighted by atomic mass is 10.3. The third-order valence-corrected chi connectivity index (χ3v) is 1.50. The van der Waals surface area contributed by atoms with E-state index in [4.69, 9.17) is 5.73 Å². The van der Waals surface area contributed by atoms with Gasteiger partial charge in [-0.15, -0.1) is 0 Å². The summed E-state index contributed by atoms with van der Waals surface area (Å²) in [6, 6.07) is 0. The number of H-pyrrole nitrogens is 1. The monoisotopic (exact) mass is 153 g/mol. The predicted molar refractivity (Wildman–Crippen MR) is 42.1 cm³/mol. The molecule has 0 unspecified atom stereocenters. The number of aromatic amines is 1. The molecule has 0 fully saturated rings. The van der Waals surface area contributed by atoms with Gasteiger partial charge in [-0.2, -0.15) is 0 Å². The molecule has 4 nitrogen and oxygen atoms in total. The van der Waals surface area contributed by atoms with E-state index in [-0.39, 0.29) is 12.1 Å². The standard InChI is InChI=1S/C7H11N3O/c1-2-5-4-9-6(3-8)10-7(5)11/h4H,2-3,8H2,1H3,(H,9,10,11). The molecule has 0 aromatic carbocycles. The maximum Gasteiger partial charge on any atom is 0.254 e. The van der Waals surface area contributed by atoms with Crippen LogP contribution in [-0.2, 0) is 13.0 Å². The Labute approximate surface area is 64.5 Å². The molecule has 1 aromatic rings. The van der Waals surface area contributed by atoms with E-state index >= 15 is 0 Å². The van der Waals surface area contributed by atoms with E-state index in [1.165, 1.54) is 0 Å².